The van der Waals surface area contributed by atoms with E-state index in [1.165, 1.54) is 9.70 Å². The molecule has 6 rings (SSSR count). The second-order valence-corrected chi connectivity index (χ2v) is 14.9. The lowest BCUT2D eigenvalue weighted by molar-refractivity contribution is -0.145. The maximum Gasteiger partial charge on any atom is 0.408 e. The van der Waals surface area contributed by atoms with Gasteiger partial charge in [-0.1, -0.05) is 37.1 Å². The topological polar surface area (TPSA) is 174 Å². The molecule has 0 radical (unpaired) electrons. The van der Waals surface area contributed by atoms with E-state index in [4.69, 9.17) is 24.4 Å². The van der Waals surface area contributed by atoms with E-state index in [9.17, 15) is 24.3 Å². The maximum atomic E-state index is 14.5. The van der Waals surface area contributed by atoms with Gasteiger partial charge in [0, 0.05) is 30.0 Å². The van der Waals surface area contributed by atoms with Crippen molar-refractivity contribution in [1.29, 1.82) is 0 Å². The molecule has 3 heterocycles. The van der Waals surface area contributed by atoms with Crippen LogP contribution in [0, 0.1) is 5.92 Å². The number of allylic oxidation sites excluding steroid dienone is 1. The molecule has 3 aliphatic rings. The highest BCUT2D eigenvalue weighted by Gasteiger charge is 2.61. The van der Waals surface area contributed by atoms with Crippen LogP contribution in [-0.2, 0) is 19.1 Å². The first-order chi connectivity index (χ1) is 25.3. The van der Waals surface area contributed by atoms with Crippen molar-refractivity contribution in [2.24, 2.45) is 5.92 Å². The quantitative estimate of drug-likeness (QED) is 0.276. The van der Waals surface area contributed by atoms with E-state index in [0.29, 0.717) is 35.7 Å². The van der Waals surface area contributed by atoms with Gasteiger partial charge in [-0.15, -0.1) is 0 Å². The lowest BCUT2D eigenvalue weighted by Crippen LogP contribution is -2.56. The van der Waals surface area contributed by atoms with Crippen LogP contribution in [0.2, 0.25) is 0 Å². The first kappa shape index (κ1) is 37.4. The second-order valence-electron chi connectivity index (χ2n) is 14.9. The molecule has 0 spiro atoms. The van der Waals surface area contributed by atoms with Crippen LogP contribution in [0.15, 0.2) is 60.7 Å². The number of nitrogens with one attached hydrogen (secondary N) is 2. The molecule has 0 bridgehead atoms. The predicted molar refractivity (Wildman–Crippen MR) is 195 cm³/mol. The number of aliphatic carboxylic acids is 1. The van der Waals surface area contributed by atoms with Crippen LogP contribution in [0.5, 0.6) is 11.5 Å². The van der Waals surface area contributed by atoms with E-state index in [1.54, 1.807) is 35.0 Å². The average molecular weight is 729 g/mol. The Kier molecular flexibility index (Phi) is 10.8. The summed E-state index contributed by atoms with van der Waals surface area (Å²) >= 11 is 0. The monoisotopic (exact) mass is 728 g/mol. The van der Waals surface area contributed by atoms with Crippen LogP contribution in [0.4, 0.5) is 4.79 Å². The van der Waals surface area contributed by atoms with Crippen molar-refractivity contribution in [3.63, 3.8) is 0 Å². The number of rotatable bonds is 7. The van der Waals surface area contributed by atoms with E-state index >= 15 is 0 Å². The summed E-state index contributed by atoms with van der Waals surface area (Å²) in [7, 11) is 3.18. The summed E-state index contributed by atoms with van der Waals surface area (Å²) in [6.07, 6.45) is 6.80. The van der Waals surface area contributed by atoms with Crippen molar-refractivity contribution in [1.82, 2.24) is 30.5 Å². The Bertz CT molecular complexity index is 1870. The molecular formula is C39H48N6O8. The molecule has 3 N–H and O–H groups in total. The zero-order valence-corrected chi connectivity index (χ0v) is 30.8. The highest BCUT2D eigenvalue weighted by atomic mass is 16.6. The number of carboxylic acids is 1. The number of alkyl carbamates (subject to hydrolysis) is 1. The summed E-state index contributed by atoms with van der Waals surface area (Å²) < 4.78 is 16.4. The third-order valence-electron chi connectivity index (χ3n) is 9.99. The van der Waals surface area contributed by atoms with E-state index in [1.807, 2.05) is 60.7 Å². The SMILES string of the molecule is COc1ccc(-c2nn([C@H]3C[C@H]4C(=O)N[C@]5(C(=O)O)C[C@H]5/C=C\CCCCC[C@H](NC(=O)OC(C)(C)C)C(=O)N4C3)nc2-c2cccc(OC)c2)cc1. The standard InChI is InChI=1S/C39H48N6O8/c1-38(2,3)53-37(50)40-30-15-10-8-6-7-9-13-26-22-39(26,36(48)49)41-34(46)31-21-27(23-44(31)35(30)47)45-42-32(24-16-18-28(51-4)19-17-24)33(43-45)25-12-11-14-29(20-25)52-5/h9,11-14,16-20,26-27,30-31H,6-8,10,15,21-23H2,1-5H3,(H,40,50)(H,41,46)(H,48,49)/b13-9-/t26-,27+,30+,31+,39-/m1/s1. The first-order valence-corrected chi connectivity index (χ1v) is 18.1. The maximum absolute atomic E-state index is 14.5. The molecule has 3 aromatic rings. The Morgan fingerprint density at radius 1 is 0.962 bits per heavy atom. The van der Waals surface area contributed by atoms with Gasteiger partial charge in [0.15, 0.2) is 0 Å². The minimum atomic E-state index is -1.46. The lowest BCUT2D eigenvalue weighted by atomic mass is 10.0. The molecule has 1 saturated carbocycles. The normalized spacial score (nSPS) is 25.5. The van der Waals surface area contributed by atoms with Crippen molar-refractivity contribution >= 4 is 23.9 Å². The van der Waals surface area contributed by atoms with Gasteiger partial charge >= 0.3 is 12.1 Å². The van der Waals surface area contributed by atoms with Gasteiger partial charge in [0.05, 0.1) is 20.3 Å². The number of nitrogens with zero attached hydrogens (tertiary/aromatic N) is 4. The highest BCUT2D eigenvalue weighted by molar-refractivity contribution is 5.96. The molecule has 53 heavy (non-hydrogen) atoms. The van der Waals surface area contributed by atoms with Crippen molar-refractivity contribution in [2.45, 2.75) is 95.0 Å². The van der Waals surface area contributed by atoms with Gasteiger partial charge in [-0.3, -0.25) is 9.59 Å². The fourth-order valence-corrected chi connectivity index (χ4v) is 7.09. The van der Waals surface area contributed by atoms with Crippen molar-refractivity contribution in [3.8, 4) is 34.0 Å². The molecule has 14 heteroatoms. The molecule has 5 atom stereocenters. The van der Waals surface area contributed by atoms with Crippen LogP contribution in [0.3, 0.4) is 0 Å². The Hall–Kier alpha value is -5.40. The molecule has 2 fully saturated rings. The van der Waals surface area contributed by atoms with E-state index in [0.717, 1.165) is 30.4 Å². The van der Waals surface area contributed by atoms with E-state index in [-0.39, 0.29) is 25.3 Å². The number of hydrogen-bond acceptors (Lipinski definition) is 9. The smallest absolute Gasteiger partial charge is 0.408 e. The molecule has 1 saturated heterocycles. The number of carbonyl (C=O) groups is 4. The van der Waals surface area contributed by atoms with Crippen molar-refractivity contribution < 1.29 is 38.5 Å². The van der Waals surface area contributed by atoms with Crippen LogP contribution < -0.4 is 20.1 Å². The number of hydrogen-bond donors (Lipinski definition) is 3. The fourth-order valence-electron chi connectivity index (χ4n) is 7.09. The molecule has 1 aliphatic carbocycles. The number of amides is 3. The molecule has 0 unspecified atom stereocenters. The summed E-state index contributed by atoms with van der Waals surface area (Å²) in [4.78, 5) is 57.2. The highest BCUT2D eigenvalue weighted by Crippen LogP contribution is 2.46. The number of methoxy groups -OCH3 is 2. The van der Waals surface area contributed by atoms with Gasteiger partial charge < -0.3 is 34.9 Å². The average Bonchev–Trinajstić information content (AvgIpc) is 3.43. The zero-order chi connectivity index (χ0) is 37.9. The minimum absolute atomic E-state index is 0.0428. The van der Waals surface area contributed by atoms with Gasteiger partial charge in [0.25, 0.3) is 0 Å². The van der Waals surface area contributed by atoms with Crippen LogP contribution in [0.25, 0.3) is 22.5 Å². The van der Waals surface area contributed by atoms with Crippen molar-refractivity contribution in [2.75, 3.05) is 20.8 Å². The van der Waals surface area contributed by atoms with Gasteiger partial charge in [0.2, 0.25) is 11.8 Å². The molecule has 1 aromatic heterocycles. The number of ether oxygens (including phenoxy) is 3. The third kappa shape index (κ3) is 8.31. The molecule has 2 aromatic carbocycles. The molecular weight excluding hydrogens is 680 g/mol. The fraction of sp³-hybridized carbons (Fsp3) is 0.487. The number of carbonyl (C=O) groups excluding carboxylic acids is 3. The molecule has 2 aliphatic heterocycles. The Morgan fingerprint density at radius 3 is 2.36 bits per heavy atom. The molecule has 14 nitrogen and oxygen atoms in total. The van der Waals surface area contributed by atoms with Crippen LogP contribution in [-0.4, -0.2) is 92.9 Å². The summed E-state index contributed by atoms with van der Waals surface area (Å²) in [6, 6.07) is 12.3. The largest absolute Gasteiger partial charge is 0.497 e. The third-order valence-corrected chi connectivity index (χ3v) is 9.99. The minimum Gasteiger partial charge on any atom is -0.497 e. The summed E-state index contributed by atoms with van der Waals surface area (Å²) in [5.74, 6) is -1.21. The molecule has 3 amide bonds. The lowest BCUT2D eigenvalue weighted by Gasteiger charge is -2.30. The van der Waals surface area contributed by atoms with Crippen LogP contribution in [0.1, 0.15) is 71.8 Å². The number of benzene rings is 2. The van der Waals surface area contributed by atoms with Gasteiger partial charge in [-0.05, 0) is 82.9 Å². The Labute approximate surface area is 308 Å². The van der Waals surface area contributed by atoms with E-state index in [2.05, 4.69) is 10.6 Å². The van der Waals surface area contributed by atoms with Gasteiger partial charge in [0.1, 0.15) is 46.1 Å². The van der Waals surface area contributed by atoms with E-state index < -0.39 is 53.1 Å². The van der Waals surface area contributed by atoms with Crippen molar-refractivity contribution in [3.05, 3.63) is 60.7 Å². The van der Waals surface area contributed by atoms with Gasteiger partial charge in [-0.2, -0.15) is 15.0 Å². The Balaban J connectivity index is 1.38. The summed E-state index contributed by atoms with van der Waals surface area (Å²) in [6.45, 7) is 5.26. The summed E-state index contributed by atoms with van der Waals surface area (Å²) in [5.41, 5.74) is 0.412. The Morgan fingerprint density at radius 2 is 1.68 bits per heavy atom. The number of fused-ring (bicyclic) bond motifs is 2. The second kappa shape index (κ2) is 15.3. The number of aromatic nitrogens is 3. The summed E-state index contributed by atoms with van der Waals surface area (Å²) in [5, 5.41) is 25.7. The zero-order valence-electron chi connectivity index (χ0n) is 30.8. The van der Waals surface area contributed by atoms with Crippen LogP contribution >= 0.6 is 0 Å². The molecule has 282 valence electrons. The number of carboxylic acid groups (broad SMARTS) is 1. The predicted octanol–water partition coefficient (Wildman–Crippen LogP) is 5.14. The first-order valence-electron chi connectivity index (χ1n) is 18.1. The van der Waals surface area contributed by atoms with Gasteiger partial charge in [-0.25, -0.2) is 9.59 Å².